The van der Waals surface area contributed by atoms with Gasteiger partial charge in [0.2, 0.25) is 0 Å². The number of carbonyl (C=O) groups is 1. The molecule has 0 unspecified atom stereocenters. The van der Waals surface area contributed by atoms with Gasteiger partial charge in [0.05, 0.1) is 48.6 Å². The van der Waals surface area contributed by atoms with Crippen LogP contribution in [0.1, 0.15) is 22.8 Å². The fraction of sp³-hybridized carbons (Fsp3) is 0.381. The summed E-state index contributed by atoms with van der Waals surface area (Å²) < 4.78 is 13.0. The molecule has 4 heterocycles. The predicted molar refractivity (Wildman–Crippen MR) is 115 cm³/mol. The third kappa shape index (κ3) is 3.69. The van der Waals surface area contributed by atoms with Crippen LogP contribution in [-0.4, -0.2) is 64.1 Å². The van der Waals surface area contributed by atoms with E-state index in [2.05, 4.69) is 20.3 Å². The van der Waals surface area contributed by atoms with Crippen molar-refractivity contribution in [2.24, 2.45) is 0 Å². The first-order valence-corrected chi connectivity index (χ1v) is 10.4. The van der Waals surface area contributed by atoms with Crippen LogP contribution >= 0.6 is 11.6 Å². The van der Waals surface area contributed by atoms with Crippen molar-refractivity contribution in [1.29, 1.82) is 0 Å². The number of anilines is 2. The smallest absolute Gasteiger partial charge is 0.261 e. The van der Waals surface area contributed by atoms with E-state index in [-0.39, 0.29) is 12.5 Å². The molecular weight excluding hydrogens is 422 g/mol. The third-order valence-electron chi connectivity index (χ3n) is 5.60. The Morgan fingerprint density at radius 1 is 1.32 bits per heavy atom. The van der Waals surface area contributed by atoms with Gasteiger partial charge in [-0.15, -0.1) is 0 Å². The predicted octanol–water partition coefficient (Wildman–Crippen LogP) is 2.16. The number of halogens is 1. The Bertz CT molecular complexity index is 1160. The lowest BCUT2D eigenvalue weighted by molar-refractivity contribution is 0.0446. The number of aromatic nitrogens is 3. The second-order valence-corrected chi connectivity index (χ2v) is 8.45. The third-order valence-corrected chi connectivity index (χ3v) is 5.80. The SMILES string of the molecule is C[C@]1(CO)Cc2cc(NC(=O)c3cnn4cc(Cl)cnc34)c(N3CCOCC3)cc2O1. The van der Waals surface area contributed by atoms with Crippen LogP contribution in [0.5, 0.6) is 5.75 Å². The number of benzene rings is 1. The number of aliphatic hydroxyl groups is 1. The Morgan fingerprint density at radius 2 is 2.13 bits per heavy atom. The van der Waals surface area contributed by atoms with Crippen molar-refractivity contribution in [2.75, 3.05) is 43.1 Å². The van der Waals surface area contributed by atoms with Crippen LogP contribution in [0, 0.1) is 0 Å². The summed E-state index contributed by atoms with van der Waals surface area (Å²) in [7, 11) is 0. The number of hydrogen-bond donors (Lipinski definition) is 2. The maximum atomic E-state index is 13.1. The molecule has 2 aromatic heterocycles. The first kappa shape index (κ1) is 20.0. The van der Waals surface area contributed by atoms with Gasteiger partial charge < -0.3 is 24.8 Å². The maximum Gasteiger partial charge on any atom is 0.261 e. The number of hydrogen-bond acceptors (Lipinski definition) is 7. The van der Waals surface area contributed by atoms with Crippen molar-refractivity contribution < 1.29 is 19.4 Å². The molecule has 2 N–H and O–H groups in total. The molecule has 5 rings (SSSR count). The average Bonchev–Trinajstić information content (AvgIpc) is 3.33. The lowest BCUT2D eigenvalue weighted by Crippen LogP contribution is -2.36. The fourth-order valence-electron chi connectivity index (χ4n) is 4.01. The molecule has 1 aromatic carbocycles. The van der Waals surface area contributed by atoms with E-state index in [1.165, 1.54) is 16.9 Å². The number of ether oxygens (including phenoxy) is 2. The highest BCUT2D eigenvalue weighted by molar-refractivity contribution is 6.30. The number of aliphatic hydroxyl groups excluding tert-OH is 1. The minimum atomic E-state index is -0.668. The Morgan fingerprint density at radius 3 is 2.90 bits per heavy atom. The fourth-order valence-corrected chi connectivity index (χ4v) is 4.15. The Kier molecular flexibility index (Phi) is 4.96. The summed E-state index contributed by atoms with van der Waals surface area (Å²) in [6, 6.07) is 3.86. The first-order chi connectivity index (χ1) is 15.0. The van der Waals surface area contributed by atoms with Gasteiger partial charge in [-0.25, -0.2) is 9.50 Å². The zero-order valence-electron chi connectivity index (χ0n) is 17.0. The minimum Gasteiger partial charge on any atom is -0.484 e. The van der Waals surface area contributed by atoms with Gasteiger partial charge in [-0.05, 0) is 13.0 Å². The molecule has 1 amide bonds. The summed E-state index contributed by atoms with van der Waals surface area (Å²) >= 11 is 5.96. The number of rotatable bonds is 4. The molecule has 0 saturated carbocycles. The molecule has 162 valence electrons. The van der Waals surface area contributed by atoms with Crippen molar-refractivity contribution in [2.45, 2.75) is 18.9 Å². The Balaban J connectivity index is 1.51. The van der Waals surface area contributed by atoms with Gasteiger partial charge in [-0.1, -0.05) is 11.6 Å². The van der Waals surface area contributed by atoms with Gasteiger partial charge in [0.25, 0.3) is 5.91 Å². The molecule has 9 nitrogen and oxygen atoms in total. The van der Waals surface area contributed by atoms with E-state index in [1.54, 1.807) is 6.20 Å². The van der Waals surface area contributed by atoms with Crippen LogP contribution in [0.4, 0.5) is 11.4 Å². The number of nitrogens with zero attached hydrogens (tertiary/aromatic N) is 4. The Labute approximate surface area is 183 Å². The lowest BCUT2D eigenvalue weighted by atomic mass is 9.99. The summed E-state index contributed by atoms with van der Waals surface area (Å²) in [6.07, 6.45) is 5.11. The number of carbonyl (C=O) groups excluding carboxylic acids is 1. The zero-order chi connectivity index (χ0) is 21.6. The van der Waals surface area contributed by atoms with Gasteiger partial charge in [-0.3, -0.25) is 4.79 Å². The second-order valence-electron chi connectivity index (χ2n) is 8.02. The monoisotopic (exact) mass is 443 g/mol. The van der Waals surface area contributed by atoms with Gasteiger partial charge in [0.15, 0.2) is 5.65 Å². The van der Waals surface area contributed by atoms with Crippen LogP contribution in [0.3, 0.4) is 0 Å². The van der Waals surface area contributed by atoms with E-state index in [0.717, 1.165) is 17.0 Å². The summed E-state index contributed by atoms with van der Waals surface area (Å²) in [5.74, 6) is 0.409. The summed E-state index contributed by atoms with van der Waals surface area (Å²) in [6.45, 7) is 4.41. The van der Waals surface area contributed by atoms with E-state index in [1.807, 2.05) is 19.1 Å². The normalized spacial score (nSPS) is 20.5. The van der Waals surface area contributed by atoms with Crippen LogP contribution in [0.15, 0.2) is 30.7 Å². The first-order valence-electron chi connectivity index (χ1n) is 10.1. The molecule has 1 saturated heterocycles. The summed E-state index contributed by atoms with van der Waals surface area (Å²) in [4.78, 5) is 19.5. The van der Waals surface area contributed by atoms with Crippen molar-refractivity contribution in [3.63, 3.8) is 0 Å². The highest BCUT2D eigenvalue weighted by Gasteiger charge is 2.35. The molecule has 1 fully saturated rings. The number of morpholine rings is 1. The zero-order valence-corrected chi connectivity index (χ0v) is 17.7. The molecule has 0 spiro atoms. The quantitative estimate of drug-likeness (QED) is 0.637. The van der Waals surface area contributed by atoms with Crippen molar-refractivity contribution in [3.05, 3.63) is 46.9 Å². The second kappa shape index (κ2) is 7.67. The topological polar surface area (TPSA) is 101 Å². The van der Waals surface area contributed by atoms with Crippen molar-refractivity contribution in [1.82, 2.24) is 14.6 Å². The summed E-state index contributed by atoms with van der Waals surface area (Å²) in [5, 5.41) is 17.4. The highest BCUT2D eigenvalue weighted by atomic mass is 35.5. The van der Waals surface area contributed by atoms with Crippen LogP contribution in [-0.2, 0) is 11.2 Å². The highest BCUT2D eigenvalue weighted by Crippen LogP contribution is 2.42. The van der Waals surface area contributed by atoms with Gasteiger partial charge in [0, 0.05) is 37.3 Å². The number of fused-ring (bicyclic) bond motifs is 2. The van der Waals surface area contributed by atoms with Crippen LogP contribution in [0.25, 0.3) is 5.65 Å². The van der Waals surface area contributed by atoms with E-state index >= 15 is 0 Å². The van der Waals surface area contributed by atoms with E-state index in [4.69, 9.17) is 21.1 Å². The number of amides is 1. The maximum absolute atomic E-state index is 13.1. The van der Waals surface area contributed by atoms with Crippen LogP contribution < -0.4 is 15.0 Å². The molecule has 3 aromatic rings. The summed E-state index contributed by atoms with van der Waals surface area (Å²) in [5.41, 5.74) is 2.57. The molecule has 31 heavy (non-hydrogen) atoms. The average molecular weight is 444 g/mol. The Hall–Kier alpha value is -2.88. The standard InChI is InChI=1S/C21H22ClN5O4/c1-21(12-28)8-13-6-16(17(7-18(13)31-21)26-2-4-30-5-3-26)25-20(29)15-10-24-27-11-14(22)9-23-19(15)27/h6-7,9-11,28H,2-5,8,12H2,1H3,(H,25,29)/t21-/m1/s1. The molecule has 10 heteroatoms. The molecule has 0 radical (unpaired) electrons. The van der Waals surface area contributed by atoms with E-state index in [9.17, 15) is 9.90 Å². The van der Waals surface area contributed by atoms with Crippen LogP contribution in [0.2, 0.25) is 5.02 Å². The molecule has 0 aliphatic carbocycles. The minimum absolute atomic E-state index is 0.0904. The van der Waals surface area contributed by atoms with Gasteiger partial charge in [0.1, 0.15) is 16.9 Å². The van der Waals surface area contributed by atoms with Gasteiger partial charge >= 0.3 is 0 Å². The molecule has 2 aliphatic heterocycles. The van der Waals surface area contributed by atoms with Crippen molar-refractivity contribution >= 4 is 34.5 Å². The van der Waals surface area contributed by atoms with E-state index < -0.39 is 5.60 Å². The molecule has 1 atom stereocenters. The lowest BCUT2D eigenvalue weighted by Gasteiger charge is -2.31. The largest absolute Gasteiger partial charge is 0.484 e. The molecule has 2 aliphatic rings. The van der Waals surface area contributed by atoms with E-state index in [0.29, 0.717) is 54.6 Å². The molecular formula is C21H22ClN5O4. The number of nitrogens with one attached hydrogen (secondary N) is 1. The van der Waals surface area contributed by atoms with Crippen molar-refractivity contribution in [3.8, 4) is 5.75 Å². The molecule has 0 bridgehead atoms. The van der Waals surface area contributed by atoms with Gasteiger partial charge in [-0.2, -0.15) is 5.10 Å².